The number of ether oxygens (including phenoxy) is 1. The quantitative estimate of drug-likeness (QED) is 0.179. The van der Waals surface area contributed by atoms with Gasteiger partial charge >= 0.3 is 29.6 Å². The Morgan fingerprint density at radius 1 is 1.03 bits per heavy atom. The van der Waals surface area contributed by atoms with Crippen LogP contribution in [-0.4, -0.2) is 24.6 Å². The number of nitrogen functional groups attached to an aromatic ring is 1. The average Bonchev–Trinajstić information content (AvgIpc) is 2.82. The molecule has 3 aromatic carbocycles. The molecule has 3 N–H and O–H groups in total. The number of fused-ring (bicyclic) bond motifs is 1. The standard InChI is InChI=1S/C24H22N4O4S.Na.H/c1-2-13-32-22-10-6-5-9-19(22)20-12-11-16(15-26-20)27-28-21-14-23(33(29,30)31)17-7-3-4-8-18(17)24(21)25;;/h3-12,14-15H,2,13,25H2,1H3,(H,29,30,31);;/q;+1;-1. The van der Waals surface area contributed by atoms with Crippen molar-refractivity contribution in [3.63, 3.8) is 0 Å². The summed E-state index contributed by atoms with van der Waals surface area (Å²) in [6.45, 7) is 2.66. The first kappa shape index (κ1) is 25.8. The minimum absolute atomic E-state index is 0. The van der Waals surface area contributed by atoms with Crippen molar-refractivity contribution in [2.75, 3.05) is 12.3 Å². The molecule has 0 aliphatic rings. The number of aromatic nitrogens is 1. The molecule has 0 amide bonds. The molecule has 170 valence electrons. The van der Waals surface area contributed by atoms with Gasteiger partial charge in [-0.25, -0.2) is 0 Å². The van der Waals surface area contributed by atoms with Crippen LogP contribution >= 0.6 is 0 Å². The number of rotatable bonds is 7. The van der Waals surface area contributed by atoms with E-state index in [2.05, 4.69) is 15.2 Å². The number of hydrogen-bond donors (Lipinski definition) is 2. The predicted octanol–water partition coefficient (Wildman–Crippen LogP) is 3.05. The molecular weight excluding hydrogens is 463 g/mol. The Morgan fingerprint density at radius 3 is 2.41 bits per heavy atom. The van der Waals surface area contributed by atoms with Gasteiger partial charge in [0.2, 0.25) is 0 Å². The summed E-state index contributed by atoms with van der Waals surface area (Å²) in [6, 6.07) is 19.0. The second-order valence-corrected chi connectivity index (χ2v) is 8.66. The zero-order chi connectivity index (χ0) is 23.4. The van der Waals surface area contributed by atoms with Crippen LogP contribution in [0.2, 0.25) is 0 Å². The molecule has 1 aromatic heterocycles. The van der Waals surface area contributed by atoms with Gasteiger partial charge in [-0.05, 0) is 36.8 Å². The molecule has 0 atom stereocenters. The molecule has 0 bridgehead atoms. The fourth-order valence-electron chi connectivity index (χ4n) is 3.38. The Kier molecular flexibility index (Phi) is 8.40. The third-order valence-electron chi connectivity index (χ3n) is 4.95. The van der Waals surface area contributed by atoms with Gasteiger partial charge in [0.1, 0.15) is 22.0 Å². The molecule has 0 spiro atoms. The Balaban J connectivity index is 0.00000216. The second kappa shape index (κ2) is 11.1. The first-order chi connectivity index (χ1) is 15.9. The summed E-state index contributed by atoms with van der Waals surface area (Å²) in [5.41, 5.74) is 8.62. The van der Waals surface area contributed by atoms with Crippen LogP contribution < -0.4 is 40.0 Å². The van der Waals surface area contributed by atoms with Crippen LogP contribution in [0.1, 0.15) is 14.8 Å². The van der Waals surface area contributed by atoms with Gasteiger partial charge < -0.3 is 11.9 Å². The van der Waals surface area contributed by atoms with Crippen molar-refractivity contribution in [2.24, 2.45) is 10.2 Å². The summed E-state index contributed by atoms with van der Waals surface area (Å²) in [5, 5.41) is 9.04. The minimum Gasteiger partial charge on any atom is -1.00 e. The zero-order valence-electron chi connectivity index (χ0n) is 19.8. The van der Waals surface area contributed by atoms with Crippen molar-refractivity contribution in [3.8, 4) is 17.0 Å². The number of nitrogens with zero attached hydrogens (tertiary/aromatic N) is 3. The first-order valence-corrected chi connectivity index (χ1v) is 11.7. The van der Waals surface area contributed by atoms with Crippen LogP contribution in [0.15, 0.2) is 88.1 Å². The average molecular weight is 487 g/mol. The Labute approximate surface area is 221 Å². The van der Waals surface area contributed by atoms with Crippen LogP contribution in [0.5, 0.6) is 5.75 Å². The second-order valence-electron chi connectivity index (χ2n) is 7.27. The van der Waals surface area contributed by atoms with E-state index in [1.807, 2.05) is 31.2 Å². The topological polar surface area (TPSA) is 127 Å². The Bertz CT molecular complexity index is 1450. The molecule has 0 aliphatic heterocycles. The van der Waals surface area contributed by atoms with Crippen molar-refractivity contribution in [2.45, 2.75) is 18.2 Å². The summed E-state index contributed by atoms with van der Waals surface area (Å²) in [7, 11) is -4.48. The third-order valence-corrected chi connectivity index (χ3v) is 5.84. The largest absolute Gasteiger partial charge is 1.00 e. The van der Waals surface area contributed by atoms with Gasteiger partial charge in [-0.15, -0.1) is 10.2 Å². The SMILES string of the molecule is CCCOc1ccccc1-c1ccc(N=Nc2cc(S(=O)(=O)O)c3ccccc3c2N)cn1.[H-].[Na+]. The number of nitrogens with two attached hydrogens (primary N) is 1. The van der Waals surface area contributed by atoms with Gasteiger partial charge in [0.05, 0.1) is 24.2 Å². The van der Waals surface area contributed by atoms with Gasteiger partial charge in [-0.1, -0.05) is 43.3 Å². The maximum Gasteiger partial charge on any atom is 1.00 e. The van der Waals surface area contributed by atoms with E-state index in [0.29, 0.717) is 23.1 Å². The minimum atomic E-state index is -4.48. The van der Waals surface area contributed by atoms with Crippen molar-refractivity contribution >= 4 is 38.0 Å². The van der Waals surface area contributed by atoms with Crippen molar-refractivity contribution in [3.05, 3.63) is 72.9 Å². The molecule has 0 radical (unpaired) electrons. The molecule has 0 saturated heterocycles. The smallest absolute Gasteiger partial charge is 1.00 e. The van der Waals surface area contributed by atoms with Gasteiger partial charge in [-0.2, -0.15) is 8.42 Å². The molecule has 8 nitrogen and oxygen atoms in total. The number of hydrogen-bond acceptors (Lipinski definition) is 7. The molecule has 0 aliphatic carbocycles. The third kappa shape index (κ3) is 5.63. The molecule has 34 heavy (non-hydrogen) atoms. The zero-order valence-corrected chi connectivity index (χ0v) is 21.7. The van der Waals surface area contributed by atoms with Gasteiger partial charge in [0, 0.05) is 16.3 Å². The van der Waals surface area contributed by atoms with Crippen LogP contribution in [-0.2, 0) is 10.1 Å². The van der Waals surface area contributed by atoms with Gasteiger partial charge in [0.15, 0.2) is 0 Å². The molecule has 4 aromatic rings. The number of benzene rings is 3. The van der Waals surface area contributed by atoms with Crippen LogP contribution in [0.3, 0.4) is 0 Å². The predicted molar refractivity (Wildman–Crippen MR) is 129 cm³/mol. The van der Waals surface area contributed by atoms with E-state index < -0.39 is 10.1 Å². The van der Waals surface area contributed by atoms with Crippen LogP contribution in [0.25, 0.3) is 22.0 Å². The van der Waals surface area contributed by atoms with Crippen molar-refractivity contribution < 1.29 is 48.7 Å². The van der Waals surface area contributed by atoms with Crippen LogP contribution in [0, 0.1) is 0 Å². The van der Waals surface area contributed by atoms with Gasteiger partial charge in [0.25, 0.3) is 10.1 Å². The Morgan fingerprint density at radius 2 is 1.74 bits per heavy atom. The monoisotopic (exact) mass is 486 g/mol. The van der Waals surface area contributed by atoms with Crippen molar-refractivity contribution in [1.82, 2.24) is 4.98 Å². The number of anilines is 1. The molecule has 0 saturated carbocycles. The fourth-order valence-corrected chi connectivity index (χ4v) is 4.10. The van der Waals surface area contributed by atoms with Crippen molar-refractivity contribution in [1.29, 1.82) is 0 Å². The van der Waals surface area contributed by atoms with E-state index in [4.69, 9.17) is 10.5 Å². The molecule has 10 heteroatoms. The van der Waals surface area contributed by atoms with E-state index in [1.54, 1.807) is 42.6 Å². The fraction of sp³-hybridized carbons (Fsp3) is 0.125. The molecule has 0 fully saturated rings. The summed E-state index contributed by atoms with van der Waals surface area (Å²) in [6.07, 6.45) is 2.45. The van der Waals surface area contributed by atoms with E-state index in [1.165, 1.54) is 6.07 Å². The van der Waals surface area contributed by atoms with E-state index in [9.17, 15) is 13.0 Å². The number of pyridine rings is 1. The maximum atomic E-state index is 11.9. The number of azo groups is 1. The summed E-state index contributed by atoms with van der Waals surface area (Å²) >= 11 is 0. The summed E-state index contributed by atoms with van der Waals surface area (Å²) < 4.78 is 39.2. The van der Waals surface area contributed by atoms with Crippen LogP contribution in [0.4, 0.5) is 17.1 Å². The maximum absolute atomic E-state index is 11.9. The van der Waals surface area contributed by atoms with E-state index in [0.717, 1.165) is 23.4 Å². The molecule has 4 rings (SSSR count). The number of para-hydroxylation sites is 1. The van der Waals surface area contributed by atoms with E-state index in [-0.39, 0.29) is 47.3 Å². The molecular formula is C24H23N4NaO4S. The van der Waals surface area contributed by atoms with Gasteiger partial charge in [-0.3, -0.25) is 9.54 Å². The van der Waals surface area contributed by atoms with E-state index >= 15 is 0 Å². The first-order valence-electron chi connectivity index (χ1n) is 10.3. The molecule has 1 heterocycles. The summed E-state index contributed by atoms with van der Waals surface area (Å²) in [5.74, 6) is 0.753. The normalized spacial score (nSPS) is 11.5. The Hall–Kier alpha value is -2.82. The molecule has 0 unspecified atom stereocenters. The summed E-state index contributed by atoms with van der Waals surface area (Å²) in [4.78, 5) is 4.18.